The molecule has 21 heavy (non-hydrogen) atoms. The summed E-state index contributed by atoms with van der Waals surface area (Å²) in [7, 11) is 3.33. The van der Waals surface area contributed by atoms with E-state index in [0.29, 0.717) is 6.54 Å². The van der Waals surface area contributed by atoms with Crippen LogP contribution in [0, 0.1) is 11.8 Å². The molecular formula is C17H28N2O2. The van der Waals surface area contributed by atoms with Crippen LogP contribution in [-0.4, -0.2) is 38.8 Å². The number of piperidine rings is 1. The molecule has 1 aromatic carbocycles. The maximum absolute atomic E-state index is 6.07. The van der Waals surface area contributed by atoms with Crippen molar-refractivity contribution in [3.8, 4) is 11.5 Å². The second kappa shape index (κ2) is 7.14. The van der Waals surface area contributed by atoms with Crippen molar-refractivity contribution >= 4 is 0 Å². The largest absolute Gasteiger partial charge is 0.493 e. The third-order valence-corrected chi connectivity index (χ3v) is 4.35. The molecule has 1 saturated heterocycles. The first-order valence-corrected chi connectivity index (χ1v) is 7.75. The lowest BCUT2D eigenvalue weighted by molar-refractivity contribution is 0.0982. The fraction of sp³-hybridized carbons (Fsp3) is 0.647. The van der Waals surface area contributed by atoms with Gasteiger partial charge in [-0.15, -0.1) is 0 Å². The Morgan fingerprint density at radius 3 is 2.29 bits per heavy atom. The van der Waals surface area contributed by atoms with Gasteiger partial charge in [0.25, 0.3) is 0 Å². The van der Waals surface area contributed by atoms with Crippen LogP contribution < -0.4 is 15.2 Å². The lowest BCUT2D eigenvalue weighted by Gasteiger charge is -2.40. The van der Waals surface area contributed by atoms with Crippen molar-refractivity contribution < 1.29 is 9.47 Å². The molecule has 0 spiro atoms. The zero-order chi connectivity index (χ0) is 15.4. The summed E-state index contributed by atoms with van der Waals surface area (Å²) in [5.41, 5.74) is 7.28. The van der Waals surface area contributed by atoms with Gasteiger partial charge in [0.2, 0.25) is 0 Å². The minimum Gasteiger partial charge on any atom is -0.493 e. The Hall–Kier alpha value is -1.26. The summed E-state index contributed by atoms with van der Waals surface area (Å²) in [6, 6.07) is 6.37. The van der Waals surface area contributed by atoms with Crippen molar-refractivity contribution in [1.29, 1.82) is 0 Å². The Morgan fingerprint density at radius 2 is 1.76 bits per heavy atom. The van der Waals surface area contributed by atoms with Crippen LogP contribution in [0.1, 0.15) is 31.9 Å². The highest BCUT2D eigenvalue weighted by Gasteiger charge is 2.28. The molecule has 118 valence electrons. The van der Waals surface area contributed by atoms with Gasteiger partial charge >= 0.3 is 0 Å². The van der Waals surface area contributed by atoms with Crippen LogP contribution in [0.15, 0.2) is 18.2 Å². The number of likely N-dealkylation sites (tertiary alicyclic amines) is 1. The molecule has 2 rings (SSSR count). The highest BCUT2D eigenvalue weighted by Crippen LogP contribution is 2.34. The normalized spacial score (nSPS) is 24.6. The number of hydrogen-bond acceptors (Lipinski definition) is 4. The number of methoxy groups -OCH3 is 2. The van der Waals surface area contributed by atoms with Crippen LogP contribution in [0.5, 0.6) is 11.5 Å². The van der Waals surface area contributed by atoms with Crippen LogP contribution >= 0.6 is 0 Å². The number of nitrogens with two attached hydrogens (primary N) is 1. The summed E-state index contributed by atoms with van der Waals surface area (Å²) in [6.45, 7) is 7.49. The number of nitrogens with zero attached hydrogens (tertiary/aromatic N) is 1. The van der Waals surface area contributed by atoms with Gasteiger partial charge in [0.1, 0.15) is 0 Å². The second-order valence-electron chi connectivity index (χ2n) is 6.27. The van der Waals surface area contributed by atoms with Gasteiger partial charge in [0, 0.05) is 25.7 Å². The van der Waals surface area contributed by atoms with Crippen molar-refractivity contribution in [1.82, 2.24) is 4.90 Å². The zero-order valence-electron chi connectivity index (χ0n) is 13.6. The first-order valence-electron chi connectivity index (χ1n) is 7.75. The predicted octanol–water partition coefficient (Wildman–Crippen LogP) is 2.68. The van der Waals surface area contributed by atoms with E-state index in [1.165, 1.54) is 12.0 Å². The molecule has 4 heteroatoms. The van der Waals surface area contributed by atoms with Crippen molar-refractivity contribution in [3.63, 3.8) is 0 Å². The standard InChI is InChI=1S/C17H28N2O2/c1-12-7-13(2)11-19(10-12)15(9-18)14-5-6-16(20-3)17(8-14)21-4/h5-6,8,12-13,15H,7,9-11,18H2,1-4H3. The molecule has 3 atom stereocenters. The summed E-state index contributed by atoms with van der Waals surface area (Å²) in [5.74, 6) is 2.98. The molecule has 0 aliphatic carbocycles. The molecule has 0 bridgehead atoms. The number of benzene rings is 1. The van der Waals surface area contributed by atoms with Crippen molar-refractivity contribution in [2.24, 2.45) is 17.6 Å². The van der Waals surface area contributed by atoms with Crippen molar-refractivity contribution in [3.05, 3.63) is 23.8 Å². The molecule has 1 aromatic rings. The third kappa shape index (κ3) is 3.69. The van der Waals surface area contributed by atoms with E-state index < -0.39 is 0 Å². The zero-order valence-corrected chi connectivity index (χ0v) is 13.6. The van der Waals surface area contributed by atoms with Gasteiger partial charge in [-0.2, -0.15) is 0 Å². The molecule has 4 nitrogen and oxygen atoms in total. The van der Waals surface area contributed by atoms with Crippen LogP contribution in [0.3, 0.4) is 0 Å². The SMILES string of the molecule is COc1ccc(C(CN)N2CC(C)CC(C)C2)cc1OC. The van der Waals surface area contributed by atoms with Crippen molar-refractivity contribution in [2.75, 3.05) is 33.9 Å². The maximum Gasteiger partial charge on any atom is 0.161 e. The topological polar surface area (TPSA) is 47.7 Å². The Labute approximate surface area is 128 Å². The molecule has 0 amide bonds. The Morgan fingerprint density at radius 1 is 1.14 bits per heavy atom. The smallest absolute Gasteiger partial charge is 0.161 e. The van der Waals surface area contributed by atoms with Gasteiger partial charge in [-0.3, -0.25) is 4.90 Å². The molecule has 1 heterocycles. The van der Waals surface area contributed by atoms with Gasteiger partial charge in [-0.25, -0.2) is 0 Å². The quantitative estimate of drug-likeness (QED) is 0.906. The molecular weight excluding hydrogens is 264 g/mol. The molecule has 0 aromatic heterocycles. The van der Waals surface area contributed by atoms with Crippen LogP contribution in [0.25, 0.3) is 0 Å². The Balaban J connectivity index is 2.24. The van der Waals surface area contributed by atoms with E-state index in [9.17, 15) is 0 Å². The predicted molar refractivity (Wildman–Crippen MR) is 85.9 cm³/mol. The van der Waals surface area contributed by atoms with Gasteiger partial charge in [0.15, 0.2) is 11.5 Å². The summed E-state index contributed by atoms with van der Waals surface area (Å²) < 4.78 is 10.7. The minimum absolute atomic E-state index is 0.245. The van der Waals surface area contributed by atoms with E-state index in [0.717, 1.165) is 36.4 Å². The van der Waals surface area contributed by atoms with Gasteiger partial charge in [-0.05, 0) is 36.0 Å². The molecule has 2 N–H and O–H groups in total. The summed E-state index contributed by atoms with van der Waals surface area (Å²) in [5, 5.41) is 0. The lowest BCUT2D eigenvalue weighted by atomic mass is 9.89. The van der Waals surface area contributed by atoms with E-state index in [2.05, 4.69) is 30.9 Å². The first kappa shape index (κ1) is 16.1. The average molecular weight is 292 g/mol. The molecule has 1 fully saturated rings. The molecule has 0 saturated carbocycles. The van der Waals surface area contributed by atoms with Crippen LogP contribution in [-0.2, 0) is 0 Å². The van der Waals surface area contributed by atoms with Gasteiger partial charge < -0.3 is 15.2 Å². The number of hydrogen-bond donors (Lipinski definition) is 1. The second-order valence-corrected chi connectivity index (χ2v) is 6.27. The summed E-state index contributed by atoms with van der Waals surface area (Å²) in [6.07, 6.45) is 1.31. The highest BCUT2D eigenvalue weighted by molar-refractivity contribution is 5.43. The number of ether oxygens (including phenoxy) is 2. The van der Waals surface area contributed by atoms with Crippen LogP contribution in [0.4, 0.5) is 0 Å². The molecule has 0 radical (unpaired) electrons. The first-order chi connectivity index (χ1) is 10.1. The van der Waals surface area contributed by atoms with E-state index >= 15 is 0 Å². The number of rotatable bonds is 5. The van der Waals surface area contributed by atoms with E-state index in [-0.39, 0.29) is 6.04 Å². The van der Waals surface area contributed by atoms with Crippen LogP contribution in [0.2, 0.25) is 0 Å². The molecule has 1 aliphatic heterocycles. The summed E-state index contributed by atoms with van der Waals surface area (Å²) >= 11 is 0. The van der Waals surface area contributed by atoms with Gasteiger partial charge in [0.05, 0.1) is 14.2 Å². The fourth-order valence-electron chi connectivity index (χ4n) is 3.52. The fourth-order valence-corrected chi connectivity index (χ4v) is 3.52. The lowest BCUT2D eigenvalue weighted by Crippen LogP contribution is -2.43. The van der Waals surface area contributed by atoms with E-state index in [4.69, 9.17) is 15.2 Å². The van der Waals surface area contributed by atoms with Gasteiger partial charge in [-0.1, -0.05) is 19.9 Å². The van der Waals surface area contributed by atoms with E-state index in [1.54, 1.807) is 14.2 Å². The minimum atomic E-state index is 0.245. The molecule has 1 aliphatic rings. The Bertz CT molecular complexity index is 454. The van der Waals surface area contributed by atoms with Crippen molar-refractivity contribution in [2.45, 2.75) is 26.3 Å². The monoisotopic (exact) mass is 292 g/mol. The van der Waals surface area contributed by atoms with E-state index in [1.807, 2.05) is 6.07 Å². The highest BCUT2D eigenvalue weighted by atomic mass is 16.5. The Kier molecular flexibility index (Phi) is 5.48. The third-order valence-electron chi connectivity index (χ3n) is 4.35. The summed E-state index contributed by atoms with van der Waals surface area (Å²) in [4.78, 5) is 2.51. The molecule has 3 unspecified atom stereocenters. The average Bonchev–Trinajstić information content (AvgIpc) is 2.46. The maximum atomic E-state index is 6.07.